The highest BCUT2D eigenvalue weighted by molar-refractivity contribution is 9.10. The van der Waals surface area contributed by atoms with Gasteiger partial charge in [-0.05, 0) is 42.0 Å². The Morgan fingerprint density at radius 3 is 2.70 bits per heavy atom. The zero-order valence-corrected chi connectivity index (χ0v) is 17.9. The van der Waals surface area contributed by atoms with Gasteiger partial charge in [0.05, 0.1) is 17.8 Å². The van der Waals surface area contributed by atoms with Crippen LogP contribution in [0.3, 0.4) is 0 Å². The van der Waals surface area contributed by atoms with Gasteiger partial charge < -0.3 is 9.47 Å². The monoisotopic (exact) mass is 488 g/mol. The van der Waals surface area contributed by atoms with Crippen molar-refractivity contribution in [2.75, 3.05) is 18.6 Å². The van der Waals surface area contributed by atoms with Crippen molar-refractivity contribution in [3.63, 3.8) is 0 Å². The molecule has 7 nitrogen and oxygen atoms in total. The number of imide groups is 2. The summed E-state index contributed by atoms with van der Waals surface area (Å²) in [5, 5.41) is 2.34. The van der Waals surface area contributed by atoms with Gasteiger partial charge in [0.25, 0.3) is 11.8 Å². The summed E-state index contributed by atoms with van der Waals surface area (Å²) >= 11 is 9.54. The van der Waals surface area contributed by atoms with Crippen LogP contribution in [0.1, 0.15) is 5.56 Å². The molecule has 1 fully saturated rings. The molecule has 1 aliphatic rings. The summed E-state index contributed by atoms with van der Waals surface area (Å²) in [6, 6.07) is 8.76. The van der Waals surface area contributed by atoms with Crippen molar-refractivity contribution in [1.82, 2.24) is 5.32 Å². The Hall–Kier alpha value is -3.28. The van der Waals surface area contributed by atoms with Crippen LogP contribution >= 0.6 is 27.5 Å². The molecule has 1 N–H and O–H groups in total. The number of urea groups is 1. The van der Waals surface area contributed by atoms with Gasteiger partial charge in [0.1, 0.15) is 12.2 Å². The first-order valence-electron chi connectivity index (χ1n) is 8.46. The molecule has 4 amide bonds. The number of halogens is 2. The lowest BCUT2D eigenvalue weighted by atomic mass is 10.1. The van der Waals surface area contributed by atoms with Crippen molar-refractivity contribution in [2.24, 2.45) is 0 Å². The van der Waals surface area contributed by atoms with Gasteiger partial charge in [0.2, 0.25) is 0 Å². The van der Waals surface area contributed by atoms with Crippen molar-refractivity contribution >= 4 is 57.1 Å². The van der Waals surface area contributed by atoms with Crippen LogP contribution in [-0.2, 0) is 9.59 Å². The highest BCUT2D eigenvalue weighted by atomic mass is 79.9. The Bertz CT molecular complexity index is 1120. The minimum Gasteiger partial charge on any atom is -0.493 e. The van der Waals surface area contributed by atoms with Gasteiger partial charge in [0, 0.05) is 4.47 Å². The number of hydrogen-bond donors (Lipinski definition) is 1. The number of nitrogens with one attached hydrogen (secondary N) is 1. The summed E-state index contributed by atoms with van der Waals surface area (Å²) in [6.45, 7) is -0.0128. The molecule has 1 heterocycles. The quantitative estimate of drug-likeness (QED) is 0.392. The zero-order chi connectivity index (χ0) is 21.8. The fourth-order valence-corrected chi connectivity index (χ4v) is 3.41. The number of barbiturate groups is 1. The van der Waals surface area contributed by atoms with Gasteiger partial charge in [-0.3, -0.25) is 14.9 Å². The molecule has 30 heavy (non-hydrogen) atoms. The molecule has 0 bridgehead atoms. The van der Waals surface area contributed by atoms with Crippen LogP contribution in [0.2, 0.25) is 5.02 Å². The Morgan fingerprint density at radius 1 is 1.27 bits per heavy atom. The summed E-state index contributed by atoms with van der Waals surface area (Å²) in [4.78, 5) is 38.5. The summed E-state index contributed by atoms with van der Waals surface area (Å²) in [5.74, 6) is 1.25. The second-order valence-corrected chi connectivity index (χ2v) is 7.29. The van der Waals surface area contributed by atoms with Crippen LogP contribution in [0, 0.1) is 12.3 Å². The molecule has 0 aliphatic carbocycles. The van der Waals surface area contributed by atoms with Crippen LogP contribution in [0.15, 0.2) is 46.4 Å². The number of carbonyl (C=O) groups excluding carboxylic acids is 3. The molecule has 1 saturated heterocycles. The van der Waals surface area contributed by atoms with Gasteiger partial charge in [-0.25, -0.2) is 9.69 Å². The molecule has 9 heteroatoms. The molecule has 0 saturated carbocycles. The number of ether oxygens (including phenoxy) is 2. The van der Waals surface area contributed by atoms with E-state index >= 15 is 0 Å². The van der Waals surface area contributed by atoms with E-state index in [4.69, 9.17) is 27.5 Å². The number of anilines is 1. The largest absolute Gasteiger partial charge is 0.493 e. The summed E-state index contributed by atoms with van der Waals surface area (Å²) < 4.78 is 11.3. The van der Waals surface area contributed by atoms with Crippen LogP contribution < -0.4 is 19.7 Å². The maximum Gasteiger partial charge on any atom is 0.335 e. The molecule has 152 valence electrons. The van der Waals surface area contributed by atoms with Crippen LogP contribution in [0.4, 0.5) is 10.5 Å². The van der Waals surface area contributed by atoms with E-state index < -0.39 is 17.8 Å². The second-order valence-electron chi connectivity index (χ2n) is 5.96. The lowest BCUT2D eigenvalue weighted by molar-refractivity contribution is -0.122. The molecule has 2 aromatic rings. The Morgan fingerprint density at radius 2 is 2.03 bits per heavy atom. The van der Waals surface area contributed by atoms with E-state index in [1.165, 1.54) is 25.3 Å². The van der Waals surface area contributed by atoms with E-state index in [9.17, 15) is 14.4 Å². The number of methoxy groups -OCH3 is 1. The Kier molecular flexibility index (Phi) is 6.45. The predicted molar refractivity (Wildman–Crippen MR) is 115 cm³/mol. The lowest BCUT2D eigenvalue weighted by Crippen LogP contribution is -2.54. The van der Waals surface area contributed by atoms with E-state index in [1.54, 1.807) is 24.3 Å². The zero-order valence-electron chi connectivity index (χ0n) is 15.6. The van der Waals surface area contributed by atoms with E-state index in [2.05, 4.69) is 27.2 Å². The first-order chi connectivity index (χ1) is 14.3. The molecule has 2 aromatic carbocycles. The number of rotatable bonds is 5. The Labute approximate surface area is 185 Å². The molecule has 1 aliphatic heterocycles. The van der Waals surface area contributed by atoms with Gasteiger partial charge in [0.15, 0.2) is 11.5 Å². The number of carbonyl (C=O) groups is 3. The number of nitrogens with zero attached hydrogens (tertiary/aromatic N) is 1. The second kappa shape index (κ2) is 9.03. The summed E-state index contributed by atoms with van der Waals surface area (Å²) in [7, 11) is 1.41. The minimum absolute atomic E-state index is 0.0128. The smallest absolute Gasteiger partial charge is 0.335 e. The average Bonchev–Trinajstić information content (AvgIpc) is 2.70. The van der Waals surface area contributed by atoms with Gasteiger partial charge in [-0.2, -0.15) is 0 Å². The summed E-state index contributed by atoms with van der Waals surface area (Å²) in [6.07, 6.45) is 6.51. The first-order valence-corrected chi connectivity index (χ1v) is 9.63. The fourth-order valence-electron chi connectivity index (χ4n) is 2.75. The first kappa shape index (κ1) is 21.4. The van der Waals surface area contributed by atoms with Crippen LogP contribution in [0.25, 0.3) is 6.08 Å². The van der Waals surface area contributed by atoms with E-state index in [0.29, 0.717) is 15.7 Å². The molecule has 0 atom stereocenters. The van der Waals surface area contributed by atoms with E-state index in [-0.39, 0.29) is 28.7 Å². The van der Waals surface area contributed by atoms with Crippen molar-refractivity contribution < 1.29 is 23.9 Å². The lowest BCUT2D eigenvalue weighted by Gasteiger charge is -2.26. The van der Waals surface area contributed by atoms with Crippen LogP contribution in [-0.4, -0.2) is 31.6 Å². The van der Waals surface area contributed by atoms with Crippen molar-refractivity contribution in [2.45, 2.75) is 0 Å². The molecular weight excluding hydrogens is 476 g/mol. The average molecular weight is 490 g/mol. The standard InChI is InChI=1S/C21H14BrClN2O5/c1-3-7-30-18-16(23)9-12(10-17(18)29-2)8-15-19(26)24-21(28)25(20(15)27)14-6-4-5-13(22)11-14/h1,4-6,8-11H,7H2,2H3,(H,24,26,28). The number of hydrogen-bond acceptors (Lipinski definition) is 5. The predicted octanol–water partition coefficient (Wildman–Crippen LogP) is 3.79. The third-order valence-corrected chi connectivity index (χ3v) is 4.80. The molecule has 0 unspecified atom stereocenters. The van der Waals surface area contributed by atoms with E-state index in [0.717, 1.165) is 4.90 Å². The van der Waals surface area contributed by atoms with Crippen LogP contribution in [0.5, 0.6) is 11.5 Å². The molecule has 0 aromatic heterocycles. The van der Waals surface area contributed by atoms with Gasteiger partial charge in [-0.15, -0.1) is 6.42 Å². The highest BCUT2D eigenvalue weighted by Gasteiger charge is 2.37. The van der Waals surface area contributed by atoms with Gasteiger partial charge >= 0.3 is 6.03 Å². The molecule has 3 rings (SSSR count). The molecule has 0 radical (unpaired) electrons. The maximum atomic E-state index is 13.0. The molecular formula is C21H14BrClN2O5. The van der Waals surface area contributed by atoms with Gasteiger partial charge in [-0.1, -0.05) is 39.5 Å². The van der Waals surface area contributed by atoms with Crippen molar-refractivity contribution in [3.05, 3.63) is 57.0 Å². The molecule has 0 spiro atoms. The van der Waals surface area contributed by atoms with E-state index in [1.807, 2.05) is 0 Å². The number of amides is 4. The third kappa shape index (κ3) is 4.32. The highest BCUT2D eigenvalue weighted by Crippen LogP contribution is 2.37. The Balaban J connectivity index is 2.02. The number of benzene rings is 2. The van der Waals surface area contributed by atoms with Crippen molar-refractivity contribution in [3.8, 4) is 23.8 Å². The normalized spacial score (nSPS) is 15.1. The number of terminal acetylenes is 1. The SMILES string of the molecule is C#CCOc1c(Cl)cc(C=C2C(=O)NC(=O)N(c3cccc(Br)c3)C2=O)cc1OC. The maximum absolute atomic E-state index is 13.0. The minimum atomic E-state index is -0.839. The van der Waals surface area contributed by atoms with Crippen molar-refractivity contribution in [1.29, 1.82) is 0 Å². The summed E-state index contributed by atoms with van der Waals surface area (Å²) in [5.41, 5.74) is 0.454. The fraction of sp³-hybridized carbons (Fsp3) is 0.0952. The topological polar surface area (TPSA) is 84.9 Å². The third-order valence-electron chi connectivity index (χ3n) is 4.03.